The van der Waals surface area contributed by atoms with E-state index in [1.165, 1.54) is 29.8 Å². The van der Waals surface area contributed by atoms with E-state index < -0.39 is 25.8 Å². The number of benzene rings is 2. The quantitative estimate of drug-likeness (QED) is 0.598. The first-order chi connectivity index (χ1) is 14.6. The van der Waals surface area contributed by atoms with Gasteiger partial charge in [0, 0.05) is 32.4 Å². The van der Waals surface area contributed by atoms with E-state index in [0.29, 0.717) is 39.1 Å². The summed E-state index contributed by atoms with van der Waals surface area (Å²) in [4.78, 5) is 14.4. The van der Waals surface area contributed by atoms with Gasteiger partial charge in [0.25, 0.3) is 0 Å². The van der Waals surface area contributed by atoms with E-state index in [1.54, 1.807) is 36.4 Å². The molecule has 31 heavy (non-hydrogen) atoms. The Morgan fingerprint density at radius 1 is 0.935 bits per heavy atom. The van der Waals surface area contributed by atoms with E-state index in [2.05, 4.69) is 4.90 Å². The number of sulfone groups is 1. The molecule has 1 aliphatic rings. The minimum absolute atomic E-state index is 0.0251. The summed E-state index contributed by atoms with van der Waals surface area (Å²) in [6.45, 7) is 2.46. The van der Waals surface area contributed by atoms with Gasteiger partial charge in [0.15, 0.2) is 9.84 Å². The smallest absolute Gasteiger partial charge is 0.339 e. The zero-order valence-electron chi connectivity index (χ0n) is 17.5. The molecule has 0 amide bonds. The van der Waals surface area contributed by atoms with Gasteiger partial charge in [0.2, 0.25) is 10.0 Å². The molecule has 0 unspecified atom stereocenters. The maximum Gasteiger partial charge on any atom is 0.339 e. The standard InChI is InChI=1S/C21H26N2O6S2/c1-29-21(24)19-6-3-4-7-20(19)31(27,28)23-13-5-12-22(14-15-23)16-17-8-10-18(11-9-17)30(2,25)26/h3-4,6-11H,5,12-16H2,1-2H3. The highest BCUT2D eigenvalue weighted by atomic mass is 32.2. The van der Waals surface area contributed by atoms with Crippen molar-refractivity contribution in [3.63, 3.8) is 0 Å². The molecule has 0 spiro atoms. The van der Waals surface area contributed by atoms with Gasteiger partial charge in [-0.2, -0.15) is 4.31 Å². The molecule has 2 aromatic carbocycles. The molecule has 0 atom stereocenters. The van der Waals surface area contributed by atoms with Crippen LogP contribution in [-0.4, -0.2) is 71.6 Å². The van der Waals surface area contributed by atoms with Crippen molar-refractivity contribution in [2.24, 2.45) is 0 Å². The fourth-order valence-corrected chi connectivity index (χ4v) is 5.84. The third kappa shape index (κ3) is 5.51. The van der Waals surface area contributed by atoms with Crippen LogP contribution in [0.2, 0.25) is 0 Å². The third-order valence-electron chi connectivity index (χ3n) is 5.22. The molecule has 1 aliphatic heterocycles. The average Bonchev–Trinajstić information content (AvgIpc) is 2.99. The summed E-state index contributed by atoms with van der Waals surface area (Å²) in [5.74, 6) is -0.687. The van der Waals surface area contributed by atoms with Gasteiger partial charge in [-0.3, -0.25) is 4.90 Å². The molecular weight excluding hydrogens is 440 g/mol. The maximum atomic E-state index is 13.2. The number of hydrogen-bond donors (Lipinski definition) is 0. The third-order valence-corrected chi connectivity index (χ3v) is 8.30. The van der Waals surface area contributed by atoms with Gasteiger partial charge in [0.1, 0.15) is 0 Å². The number of nitrogens with zero attached hydrogens (tertiary/aromatic N) is 2. The summed E-state index contributed by atoms with van der Waals surface area (Å²) in [5.41, 5.74) is 0.983. The number of carbonyl (C=O) groups is 1. The van der Waals surface area contributed by atoms with Crippen LogP contribution in [0.25, 0.3) is 0 Å². The summed E-state index contributed by atoms with van der Waals surface area (Å²) < 4.78 is 55.8. The number of rotatable bonds is 6. The highest BCUT2D eigenvalue weighted by Gasteiger charge is 2.30. The molecule has 1 saturated heterocycles. The van der Waals surface area contributed by atoms with E-state index in [4.69, 9.17) is 4.74 Å². The minimum Gasteiger partial charge on any atom is -0.465 e. The van der Waals surface area contributed by atoms with Crippen LogP contribution in [0.1, 0.15) is 22.3 Å². The van der Waals surface area contributed by atoms with Gasteiger partial charge in [0.05, 0.1) is 22.5 Å². The second-order valence-electron chi connectivity index (χ2n) is 7.44. The lowest BCUT2D eigenvalue weighted by Gasteiger charge is -2.22. The highest BCUT2D eigenvalue weighted by Crippen LogP contribution is 2.23. The van der Waals surface area contributed by atoms with Gasteiger partial charge in [-0.25, -0.2) is 21.6 Å². The second-order valence-corrected chi connectivity index (χ2v) is 11.4. The number of carbonyl (C=O) groups excluding carboxylic acids is 1. The van der Waals surface area contributed by atoms with Crippen molar-refractivity contribution in [1.29, 1.82) is 0 Å². The summed E-state index contributed by atoms with van der Waals surface area (Å²) in [6.07, 6.45) is 1.81. The molecule has 0 bridgehead atoms. The normalized spacial score (nSPS) is 16.6. The predicted molar refractivity (Wildman–Crippen MR) is 116 cm³/mol. The Labute approximate surface area is 183 Å². The van der Waals surface area contributed by atoms with Crippen LogP contribution in [0, 0.1) is 0 Å². The van der Waals surface area contributed by atoms with Crippen molar-refractivity contribution < 1.29 is 26.4 Å². The lowest BCUT2D eigenvalue weighted by molar-refractivity contribution is 0.0596. The van der Waals surface area contributed by atoms with E-state index in [9.17, 15) is 21.6 Å². The first kappa shape index (κ1) is 23.4. The van der Waals surface area contributed by atoms with E-state index >= 15 is 0 Å². The Hall–Kier alpha value is -2.27. The fraction of sp³-hybridized carbons (Fsp3) is 0.381. The first-order valence-electron chi connectivity index (χ1n) is 9.82. The van der Waals surface area contributed by atoms with Crippen LogP contribution in [0.5, 0.6) is 0 Å². The molecule has 2 aromatic rings. The van der Waals surface area contributed by atoms with Crippen LogP contribution in [-0.2, 0) is 31.1 Å². The van der Waals surface area contributed by atoms with Crippen molar-refractivity contribution in [2.75, 3.05) is 39.5 Å². The Balaban J connectivity index is 1.72. The topological polar surface area (TPSA) is 101 Å². The van der Waals surface area contributed by atoms with E-state index in [-0.39, 0.29) is 15.4 Å². The van der Waals surface area contributed by atoms with Crippen molar-refractivity contribution in [3.8, 4) is 0 Å². The molecular formula is C21H26N2O6S2. The van der Waals surface area contributed by atoms with Gasteiger partial charge >= 0.3 is 5.97 Å². The van der Waals surface area contributed by atoms with Gasteiger partial charge in [-0.1, -0.05) is 24.3 Å². The summed E-state index contributed by atoms with van der Waals surface area (Å²) >= 11 is 0. The predicted octanol–water partition coefficient (Wildman–Crippen LogP) is 1.77. The maximum absolute atomic E-state index is 13.2. The van der Waals surface area contributed by atoms with Crippen molar-refractivity contribution in [2.45, 2.75) is 22.8 Å². The van der Waals surface area contributed by atoms with Crippen LogP contribution < -0.4 is 0 Å². The first-order valence-corrected chi connectivity index (χ1v) is 13.1. The SMILES string of the molecule is COC(=O)c1ccccc1S(=O)(=O)N1CCCN(Cc2ccc(S(C)(=O)=O)cc2)CC1. The van der Waals surface area contributed by atoms with E-state index in [1.807, 2.05) is 0 Å². The molecule has 0 aliphatic carbocycles. The van der Waals surface area contributed by atoms with Crippen LogP contribution in [0.3, 0.4) is 0 Å². The molecule has 168 valence electrons. The van der Waals surface area contributed by atoms with Crippen molar-refractivity contribution >= 4 is 25.8 Å². The molecule has 8 nitrogen and oxygen atoms in total. The van der Waals surface area contributed by atoms with Crippen molar-refractivity contribution in [3.05, 3.63) is 59.7 Å². The van der Waals surface area contributed by atoms with Crippen LogP contribution >= 0.6 is 0 Å². The van der Waals surface area contributed by atoms with Gasteiger partial charge in [-0.15, -0.1) is 0 Å². The number of esters is 1. The number of hydrogen-bond acceptors (Lipinski definition) is 7. The Kier molecular flexibility index (Phi) is 7.15. The molecule has 0 radical (unpaired) electrons. The summed E-state index contributed by atoms with van der Waals surface area (Å²) in [5, 5.41) is 0. The zero-order chi connectivity index (χ0) is 22.6. The van der Waals surface area contributed by atoms with Crippen LogP contribution in [0.15, 0.2) is 58.3 Å². The number of sulfonamides is 1. The summed E-state index contributed by atoms with van der Waals surface area (Å²) in [6, 6.07) is 12.8. The van der Waals surface area contributed by atoms with Crippen molar-refractivity contribution in [1.82, 2.24) is 9.21 Å². The zero-order valence-corrected chi connectivity index (χ0v) is 19.2. The largest absolute Gasteiger partial charge is 0.465 e. The van der Waals surface area contributed by atoms with E-state index in [0.717, 1.165) is 5.56 Å². The van der Waals surface area contributed by atoms with Crippen LogP contribution in [0.4, 0.5) is 0 Å². The molecule has 0 N–H and O–H groups in total. The van der Waals surface area contributed by atoms with Gasteiger partial charge < -0.3 is 4.74 Å². The number of ether oxygens (including phenoxy) is 1. The Bertz CT molecular complexity index is 1140. The average molecular weight is 467 g/mol. The lowest BCUT2D eigenvalue weighted by Crippen LogP contribution is -2.35. The fourth-order valence-electron chi connectivity index (χ4n) is 3.56. The minimum atomic E-state index is -3.85. The molecule has 1 heterocycles. The highest BCUT2D eigenvalue weighted by molar-refractivity contribution is 7.90. The lowest BCUT2D eigenvalue weighted by atomic mass is 10.2. The summed E-state index contributed by atoms with van der Waals surface area (Å²) in [7, 11) is -5.87. The van der Waals surface area contributed by atoms with Gasteiger partial charge in [-0.05, 0) is 42.8 Å². The second kappa shape index (κ2) is 9.47. The molecule has 0 aromatic heterocycles. The number of methoxy groups -OCH3 is 1. The molecule has 0 saturated carbocycles. The molecule has 10 heteroatoms. The molecule has 1 fully saturated rings. The monoisotopic (exact) mass is 466 g/mol. The Morgan fingerprint density at radius 3 is 2.26 bits per heavy atom. The Morgan fingerprint density at radius 2 is 1.61 bits per heavy atom. The molecule has 3 rings (SSSR count).